The number of allylic oxidation sites excluding steroid dienone is 4. The molecule has 0 radical (unpaired) electrons. The Bertz CT molecular complexity index is 1850. The van der Waals surface area contributed by atoms with Crippen molar-refractivity contribution in [3.63, 3.8) is 0 Å². The van der Waals surface area contributed by atoms with Gasteiger partial charge in [0.25, 0.3) is 0 Å². The quantitative estimate of drug-likeness (QED) is 0.158. The summed E-state index contributed by atoms with van der Waals surface area (Å²) in [7, 11) is 0. The molecule has 0 saturated heterocycles. The third-order valence-corrected chi connectivity index (χ3v) is 10.9. The SMILES string of the molecule is CC(C)(C)c1cc2[cH-]c3cc(C(C)(C)C)c(C(C)(C)C)cc3c2cc1C(C)(C)C.Cc1ccc([C](=[Zr+2])c2ccc(C)cc2)cc1.[C-]1=CC=CC1. The van der Waals surface area contributed by atoms with Gasteiger partial charge in [0.15, 0.2) is 0 Å². The summed E-state index contributed by atoms with van der Waals surface area (Å²) in [6, 6.07) is 29.8. The third-order valence-electron chi connectivity index (χ3n) is 9.48. The van der Waals surface area contributed by atoms with E-state index < -0.39 is 0 Å². The molecule has 0 N–H and O–H groups in total. The Hall–Kier alpha value is -3.02. The summed E-state index contributed by atoms with van der Waals surface area (Å²) in [4.78, 5) is 0. The number of hydrogen-bond donors (Lipinski definition) is 0. The summed E-state index contributed by atoms with van der Waals surface area (Å²) in [5, 5.41) is 5.57. The molecule has 6 rings (SSSR count). The zero-order valence-corrected chi connectivity index (χ0v) is 35.9. The van der Waals surface area contributed by atoms with Gasteiger partial charge in [0, 0.05) is 0 Å². The minimum Gasteiger partial charge on any atom is -0.273 e. The first-order valence-electron chi connectivity index (χ1n) is 18.2. The first-order chi connectivity index (χ1) is 23.1. The van der Waals surface area contributed by atoms with E-state index in [0.717, 1.165) is 6.42 Å². The second kappa shape index (κ2) is 15.3. The molecule has 1 aliphatic carbocycles. The molecule has 50 heavy (non-hydrogen) atoms. The van der Waals surface area contributed by atoms with Crippen LogP contribution in [0.2, 0.25) is 0 Å². The van der Waals surface area contributed by atoms with Crippen molar-refractivity contribution >= 4 is 24.8 Å². The monoisotopic (exact) mass is 738 g/mol. The van der Waals surface area contributed by atoms with Gasteiger partial charge in [-0.15, -0.1) is 46.2 Å². The Kier molecular flexibility index (Phi) is 12.2. The van der Waals surface area contributed by atoms with E-state index in [-0.39, 0.29) is 21.7 Å². The normalized spacial score (nSPS) is 13.3. The third kappa shape index (κ3) is 9.85. The van der Waals surface area contributed by atoms with E-state index >= 15 is 0 Å². The van der Waals surface area contributed by atoms with Crippen molar-refractivity contribution in [3.8, 4) is 0 Å². The van der Waals surface area contributed by atoms with Crippen LogP contribution in [0, 0.1) is 19.9 Å². The Balaban J connectivity index is 0.000000221. The van der Waals surface area contributed by atoms with E-state index in [9.17, 15) is 0 Å². The van der Waals surface area contributed by atoms with Crippen LogP contribution in [-0.2, 0) is 45.9 Å². The van der Waals surface area contributed by atoms with Gasteiger partial charge in [0.05, 0.1) is 0 Å². The molecule has 0 aliphatic heterocycles. The molecule has 5 aromatic carbocycles. The molecule has 260 valence electrons. The molecule has 0 nitrogen and oxygen atoms in total. The van der Waals surface area contributed by atoms with Crippen molar-refractivity contribution in [2.24, 2.45) is 0 Å². The first kappa shape index (κ1) is 39.8. The summed E-state index contributed by atoms with van der Waals surface area (Å²) in [6.45, 7) is 32.3. The molecule has 0 bridgehead atoms. The van der Waals surface area contributed by atoms with Crippen molar-refractivity contribution in [1.29, 1.82) is 0 Å². The van der Waals surface area contributed by atoms with E-state index in [0.29, 0.717) is 0 Å². The molecule has 1 aliphatic rings. The van der Waals surface area contributed by atoms with Crippen LogP contribution < -0.4 is 0 Å². The maximum Gasteiger partial charge on any atom is -0.109 e. The summed E-state index contributed by atoms with van der Waals surface area (Å²) in [5.41, 5.74) is 11.7. The molecule has 0 unspecified atom stereocenters. The van der Waals surface area contributed by atoms with Crippen molar-refractivity contribution in [1.82, 2.24) is 0 Å². The van der Waals surface area contributed by atoms with Gasteiger partial charge in [-0.05, 0) is 21.7 Å². The molecule has 0 fully saturated rings. The van der Waals surface area contributed by atoms with Crippen LogP contribution in [0.1, 0.15) is 134 Å². The standard InChI is InChI=1S/C29H41.C15H14.C5H5.Zr/c1-26(2,3)22-14-18-13-19-15-23(27(4,5)6)25(29(10,11)12)17-21(19)20(18)16-24(22)28(7,8)9;1-12-3-7-14(8-4-12)11-15-9-5-13(2)6-10-15;1-2-4-5-3-1;/h13-17H,1-12H3;3-10H,1-2H3;1-3H,4H2;/q-1;;-1;+2. The van der Waals surface area contributed by atoms with E-state index in [4.69, 9.17) is 0 Å². The Morgan fingerprint density at radius 3 is 1.14 bits per heavy atom. The van der Waals surface area contributed by atoms with Gasteiger partial charge in [-0.25, -0.2) is 12.2 Å². The molecule has 0 heterocycles. The summed E-state index contributed by atoms with van der Waals surface area (Å²) < 4.78 is 1.42. The van der Waals surface area contributed by atoms with Crippen LogP contribution in [0.4, 0.5) is 0 Å². The number of hydrogen-bond acceptors (Lipinski definition) is 0. The van der Waals surface area contributed by atoms with Gasteiger partial charge in [0.1, 0.15) is 0 Å². The van der Waals surface area contributed by atoms with Gasteiger partial charge < -0.3 is 0 Å². The number of aryl methyl sites for hydroxylation is 2. The average molecular weight is 740 g/mol. The van der Waals surface area contributed by atoms with Gasteiger partial charge >= 0.3 is 112 Å². The molecule has 0 atom stereocenters. The fourth-order valence-corrected chi connectivity index (χ4v) is 7.35. The van der Waals surface area contributed by atoms with Crippen molar-refractivity contribution < 1.29 is 24.2 Å². The molecule has 0 saturated carbocycles. The maximum absolute atomic E-state index is 2.99. The second-order valence-electron chi connectivity index (χ2n) is 18.2. The molecular weight excluding hydrogens is 680 g/mol. The molecule has 5 aromatic rings. The molecule has 0 aromatic heterocycles. The Morgan fingerprint density at radius 1 is 0.540 bits per heavy atom. The predicted molar refractivity (Wildman–Crippen MR) is 219 cm³/mol. The van der Waals surface area contributed by atoms with E-state index in [1.54, 1.807) is 0 Å². The van der Waals surface area contributed by atoms with Crippen LogP contribution in [0.15, 0.2) is 97.1 Å². The van der Waals surface area contributed by atoms with E-state index in [2.05, 4.69) is 188 Å². The van der Waals surface area contributed by atoms with Crippen molar-refractivity contribution in [2.75, 3.05) is 0 Å². The van der Waals surface area contributed by atoms with Crippen LogP contribution in [0.3, 0.4) is 0 Å². The largest absolute Gasteiger partial charge is 0.273 e. The van der Waals surface area contributed by atoms with Crippen LogP contribution in [0.5, 0.6) is 0 Å². The topological polar surface area (TPSA) is 0 Å². The minimum absolute atomic E-state index is 0.124. The molecule has 0 spiro atoms. The fourth-order valence-electron chi connectivity index (χ4n) is 6.54. The van der Waals surface area contributed by atoms with E-state index in [1.165, 1.54) is 93.5 Å². The fraction of sp³-hybridized carbons (Fsp3) is 0.388. The van der Waals surface area contributed by atoms with Gasteiger partial charge in [-0.3, -0.25) is 6.08 Å². The molecular formula is C49H60Zr. The van der Waals surface area contributed by atoms with Gasteiger partial charge in [0.2, 0.25) is 0 Å². The predicted octanol–water partition coefficient (Wildman–Crippen LogP) is 13.6. The van der Waals surface area contributed by atoms with E-state index in [1.807, 2.05) is 12.2 Å². The van der Waals surface area contributed by atoms with Crippen LogP contribution >= 0.6 is 0 Å². The van der Waals surface area contributed by atoms with Crippen LogP contribution in [-0.4, -0.2) is 3.21 Å². The number of fused-ring (bicyclic) bond motifs is 3. The number of rotatable bonds is 2. The van der Waals surface area contributed by atoms with Gasteiger partial charge in [-0.1, -0.05) is 117 Å². The Labute approximate surface area is 319 Å². The molecule has 1 heteroatoms. The maximum atomic E-state index is 2.99. The second-order valence-corrected chi connectivity index (χ2v) is 19.5. The smallest absolute Gasteiger partial charge is 0.109 e. The zero-order chi connectivity index (χ0) is 37.2. The Morgan fingerprint density at radius 2 is 0.880 bits per heavy atom. The number of benzene rings is 4. The first-order valence-corrected chi connectivity index (χ1v) is 19.5. The van der Waals surface area contributed by atoms with Crippen molar-refractivity contribution in [3.05, 3.63) is 148 Å². The van der Waals surface area contributed by atoms with Crippen LogP contribution in [0.25, 0.3) is 21.5 Å². The summed E-state index contributed by atoms with van der Waals surface area (Å²) >= 11 is 1.46. The van der Waals surface area contributed by atoms with Crippen molar-refractivity contribution in [2.45, 2.75) is 125 Å². The minimum atomic E-state index is 0.124. The average Bonchev–Trinajstić information content (AvgIpc) is 3.71. The molecule has 0 amide bonds. The summed E-state index contributed by atoms with van der Waals surface area (Å²) in [5.74, 6) is 0. The zero-order valence-electron chi connectivity index (χ0n) is 33.4. The summed E-state index contributed by atoms with van der Waals surface area (Å²) in [6.07, 6.45) is 10.0. The van der Waals surface area contributed by atoms with Gasteiger partial charge in [-0.2, -0.15) is 6.08 Å².